The molecule has 0 saturated carbocycles. The van der Waals surface area contributed by atoms with Crippen molar-refractivity contribution in [1.29, 1.82) is 0 Å². The molecule has 0 bridgehead atoms. The molecule has 0 saturated heterocycles. The first-order valence-electron chi connectivity index (χ1n) is 5.20. The highest BCUT2D eigenvalue weighted by atomic mass is 127. The van der Waals surface area contributed by atoms with Crippen molar-refractivity contribution >= 4 is 38.5 Å². The summed E-state index contributed by atoms with van der Waals surface area (Å²) in [4.78, 5) is 0. The molecule has 0 spiro atoms. The van der Waals surface area contributed by atoms with E-state index >= 15 is 0 Å². The van der Waals surface area contributed by atoms with Gasteiger partial charge in [-0.1, -0.05) is 46.3 Å². The maximum Gasteiger partial charge on any atom is 0.0875 e. The molecule has 2 aromatic carbocycles. The predicted molar refractivity (Wildman–Crippen MR) is 81.7 cm³/mol. The summed E-state index contributed by atoms with van der Waals surface area (Å²) in [5, 5.41) is 10.2. The lowest BCUT2D eigenvalue weighted by Gasteiger charge is -2.12. The second-order valence-corrected chi connectivity index (χ2v) is 5.76. The molecule has 1 atom stereocenters. The Morgan fingerprint density at radius 2 is 1.71 bits per heavy atom. The summed E-state index contributed by atoms with van der Waals surface area (Å²) in [5.74, 6) is 0. The topological polar surface area (TPSA) is 20.2 Å². The van der Waals surface area contributed by atoms with E-state index in [0.29, 0.717) is 0 Å². The van der Waals surface area contributed by atoms with E-state index < -0.39 is 6.10 Å². The lowest BCUT2D eigenvalue weighted by Crippen LogP contribution is -2.01. The Balaban J connectivity index is 2.14. The van der Waals surface area contributed by atoms with E-state index in [1.807, 2.05) is 55.0 Å². The Morgan fingerprint density at radius 1 is 1.06 bits per heavy atom. The third-order valence-corrected chi connectivity index (χ3v) is 3.96. The zero-order chi connectivity index (χ0) is 12.3. The van der Waals surface area contributed by atoms with E-state index in [-0.39, 0.29) is 0 Å². The van der Waals surface area contributed by atoms with Gasteiger partial charge in [-0.2, -0.15) is 0 Å². The summed E-state index contributed by atoms with van der Waals surface area (Å²) in [6.07, 6.45) is 1.29. The molecule has 2 rings (SSSR count). The van der Waals surface area contributed by atoms with Gasteiger partial charge in [-0.25, -0.2) is 0 Å². The first-order valence-corrected chi connectivity index (χ1v) is 7.07. The smallest absolute Gasteiger partial charge is 0.0875 e. The molecule has 87 valence electrons. The molecule has 3 heteroatoms. The van der Waals surface area contributed by atoms with Crippen LogP contribution in [0.25, 0.3) is 0 Å². The third-order valence-electron chi connectivity index (χ3n) is 2.44. The highest BCUT2D eigenvalue weighted by Crippen LogP contribution is 2.25. The SMILES string of the molecule is OC([CH]c1ccc(Br)cc1)c1ccccc1I. The summed E-state index contributed by atoms with van der Waals surface area (Å²) in [7, 11) is 0. The Labute approximate surface area is 123 Å². The van der Waals surface area contributed by atoms with Crippen molar-refractivity contribution in [1.82, 2.24) is 0 Å². The largest absolute Gasteiger partial charge is 0.388 e. The van der Waals surface area contributed by atoms with Gasteiger partial charge in [0, 0.05) is 14.5 Å². The second-order valence-electron chi connectivity index (χ2n) is 3.68. The standard InChI is InChI=1S/C14H11BrIO/c15-11-7-5-10(6-8-11)9-14(17)12-3-1-2-4-13(12)16/h1-9,14,17H. The Bertz CT molecular complexity index is 496. The Hall–Kier alpha value is -0.390. The lowest BCUT2D eigenvalue weighted by atomic mass is 10.0. The number of halogens is 2. The van der Waals surface area contributed by atoms with Crippen LogP contribution in [0.2, 0.25) is 0 Å². The number of rotatable bonds is 3. The maximum absolute atomic E-state index is 10.2. The number of aliphatic hydroxyl groups excluding tert-OH is 1. The van der Waals surface area contributed by atoms with E-state index in [9.17, 15) is 5.11 Å². The Morgan fingerprint density at radius 3 is 2.35 bits per heavy atom. The number of benzene rings is 2. The predicted octanol–water partition coefficient (Wildman–Crippen LogP) is 4.34. The molecule has 0 aliphatic rings. The molecule has 1 radical (unpaired) electrons. The molecular weight excluding hydrogens is 391 g/mol. The van der Waals surface area contributed by atoms with Gasteiger partial charge in [-0.15, -0.1) is 0 Å². The van der Waals surface area contributed by atoms with Crippen LogP contribution in [-0.4, -0.2) is 5.11 Å². The summed E-state index contributed by atoms with van der Waals surface area (Å²) >= 11 is 5.63. The second kappa shape index (κ2) is 5.98. The van der Waals surface area contributed by atoms with Crippen molar-refractivity contribution in [3.05, 3.63) is 74.1 Å². The molecule has 0 aliphatic heterocycles. The zero-order valence-electron chi connectivity index (χ0n) is 8.98. The summed E-state index contributed by atoms with van der Waals surface area (Å²) < 4.78 is 2.12. The van der Waals surface area contributed by atoms with Gasteiger partial charge in [0.1, 0.15) is 0 Å². The van der Waals surface area contributed by atoms with Crippen molar-refractivity contribution < 1.29 is 5.11 Å². The molecule has 2 aromatic rings. The van der Waals surface area contributed by atoms with Gasteiger partial charge in [0.15, 0.2) is 0 Å². The van der Waals surface area contributed by atoms with Gasteiger partial charge in [0.2, 0.25) is 0 Å². The first kappa shape index (κ1) is 13.1. The fourth-order valence-corrected chi connectivity index (χ4v) is 2.53. The molecule has 0 fully saturated rings. The summed E-state index contributed by atoms with van der Waals surface area (Å²) in [5.41, 5.74) is 1.95. The van der Waals surface area contributed by atoms with Crippen LogP contribution in [0, 0.1) is 9.99 Å². The van der Waals surface area contributed by atoms with Crippen LogP contribution in [0.3, 0.4) is 0 Å². The highest BCUT2D eigenvalue weighted by Gasteiger charge is 2.11. The molecular formula is C14H11BrIO. The Kier molecular flexibility index (Phi) is 4.59. The molecule has 0 heterocycles. The fourth-order valence-electron chi connectivity index (χ4n) is 1.56. The number of hydrogen-bond acceptors (Lipinski definition) is 1. The van der Waals surface area contributed by atoms with Crippen molar-refractivity contribution in [2.24, 2.45) is 0 Å². The molecule has 0 aromatic heterocycles. The summed E-state index contributed by atoms with van der Waals surface area (Å²) in [6.45, 7) is 0. The minimum atomic E-state index is -0.565. The van der Waals surface area contributed by atoms with Crippen LogP contribution >= 0.6 is 38.5 Å². The van der Waals surface area contributed by atoms with Gasteiger partial charge in [0.05, 0.1) is 6.10 Å². The van der Waals surface area contributed by atoms with Gasteiger partial charge < -0.3 is 5.11 Å². The summed E-state index contributed by atoms with van der Waals surface area (Å²) in [6, 6.07) is 15.7. The highest BCUT2D eigenvalue weighted by molar-refractivity contribution is 14.1. The molecule has 0 amide bonds. The average molecular weight is 402 g/mol. The van der Waals surface area contributed by atoms with Gasteiger partial charge in [0.25, 0.3) is 0 Å². The van der Waals surface area contributed by atoms with E-state index in [0.717, 1.165) is 19.2 Å². The third kappa shape index (κ3) is 3.53. The first-order chi connectivity index (χ1) is 8.16. The van der Waals surface area contributed by atoms with Crippen molar-refractivity contribution in [2.45, 2.75) is 6.10 Å². The number of aliphatic hydroxyl groups is 1. The van der Waals surface area contributed by atoms with Crippen LogP contribution in [0.1, 0.15) is 17.2 Å². The minimum absolute atomic E-state index is 0.565. The van der Waals surface area contributed by atoms with E-state index in [1.54, 1.807) is 0 Å². The molecule has 1 N–H and O–H groups in total. The van der Waals surface area contributed by atoms with Crippen molar-refractivity contribution in [2.75, 3.05) is 0 Å². The fraction of sp³-hybridized carbons (Fsp3) is 0.0714. The number of hydrogen-bond donors (Lipinski definition) is 1. The molecule has 17 heavy (non-hydrogen) atoms. The quantitative estimate of drug-likeness (QED) is 0.758. The molecule has 1 unspecified atom stereocenters. The van der Waals surface area contributed by atoms with E-state index in [4.69, 9.17) is 0 Å². The molecule has 1 nitrogen and oxygen atoms in total. The molecule has 0 aliphatic carbocycles. The normalized spacial score (nSPS) is 12.4. The van der Waals surface area contributed by atoms with Crippen LogP contribution < -0.4 is 0 Å². The lowest BCUT2D eigenvalue weighted by molar-refractivity contribution is 0.214. The van der Waals surface area contributed by atoms with Crippen LogP contribution in [-0.2, 0) is 0 Å². The zero-order valence-corrected chi connectivity index (χ0v) is 12.7. The van der Waals surface area contributed by atoms with Gasteiger partial charge in [-0.05, 0) is 51.9 Å². The average Bonchev–Trinajstić information content (AvgIpc) is 2.32. The van der Waals surface area contributed by atoms with Crippen LogP contribution in [0.15, 0.2) is 53.0 Å². The van der Waals surface area contributed by atoms with E-state index in [1.165, 1.54) is 0 Å². The van der Waals surface area contributed by atoms with Crippen molar-refractivity contribution in [3.8, 4) is 0 Å². The van der Waals surface area contributed by atoms with Crippen molar-refractivity contribution in [3.63, 3.8) is 0 Å². The van der Waals surface area contributed by atoms with Gasteiger partial charge in [-0.3, -0.25) is 0 Å². The van der Waals surface area contributed by atoms with E-state index in [2.05, 4.69) is 38.5 Å². The van der Waals surface area contributed by atoms with Crippen LogP contribution in [0.5, 0.6) is 0 Å². The minimum Gasteiger partial charge on any atom is -0.388 e. The van der Waals surface area contributed by atoms with Crippen LogP contribution in [0.4, 0.5) is 0 Å². The van der Waals surface area contributed by atoms with Gasteiger partial charge >= 0.3 is 0 Å². The maximum atomic E-state index is 10.2. The monoisotopic (exact) mass is 401 g/mol.